The topological polar surface area (TPSA) is 54.0 Å². The fourth-order valence-electron chi connectivity index (χ4n) is 3.46. The second-order valence-corrected chi connectivity index (χ2v) is 6.13. The number of piperidine rings is 1. The Hall–Kier alpha value is -1.95. The Morgan fingerprint density at radius 3 is 2.74 bits per heavy atom. The average molecular weight is 319 g/mol. The Balaban J connectivity index is 1.62. The molecule has 2 fully saturated rings. The first kappa shape index (κ1) is 15.9. The third-order valence-corrected chi connectivity index (χ3v) is 4.76. The van der Waals surface area contributed by atoms with Crippen LogP contribution in [0, 0.1) is 0 Å². The zero-order valence-electron chi connectivity index (χ0n) is 13.9. The fraction of sp³-hybridized carbons (Fsp3) is 0.588. The van der Waals surface area contributed by atoms with Gasteiger partial charge in [-0.3, -0.25) is 4.90 Å². The zero-order valence-corrected chi connectivity index (χ0v) is 13.9. The predicted molar refractivity (Wildman–Crippen MR) is 89.3 cm³/mol. The molecule has 2 saturated heterocycles. The Labute approximate surface area is 137 Å². The Morgan fingerprint density at radius 2 is 1.96 bits per heavy atom. The highest BCUT2D eigenvalue weighted by Gasteiger charge is 2.31. The highest BCUT2D eigenvalue weighted by molar-refractivity contribution is 5.89. The highest BCUT2D eigenvalue weighted by Crippen LogP contribution is 2.30. The van der Waals surface area contributed by atoms with Crippen molar-refractivity contribution in [2.75, 3.05) is 45.7 Å². The van der Waals surface area contributed by atoms with Crippen LogP contribution in [0.5, 0.6) is 11.5 Å². The van der Waals surface area contributed by atoms with E-state index in [1.807, 2.05) is 11.0 Å². The summed E-state index contributed by atoms with van der Waals surface area (Å²) in [7, 11) is 3.19. The van der Waals surface area contributed by atoms with Crippen molar-refractivity contribution in [3.8, 4) is 11.5 Å². The molecule has 6 nitrogen and oxygen atoms in total. The first-order valence-corrected chi connectivity index (χ1v) is 8.23. The number of carbonyl (C=O) groups is 1. The van der Waals surface area contributed by atoms with Gasteiger partial charge in [0.2, 0.25) is 0 Å². The summed E-state index contributed by atoms with van der Waals surface area (Å²) in [6.07, 6.45) is 3.75. The summed E-state index contributed by atoms with van der Waals surface area (Å²) in [5, 5.41) is 2.97. The number of piperazine rings is 1. The maximum Gasteiger partial charge on any atom is 0.321 e. The molecule has 2 amide bonds. The number of amides is 2. The number of methoxy groups -OCH3 is 2. The number of ether oxygens (including phenoxy) is 2. The van der Waals surface area contributed by atoms with E-state index in [4.69, 9.17) is 9.47 Å². The molecule has 2 heterocycles. The van der Waals surface area contributed by atoms with Crippen molar-refractivity contribution < 1.29 is 14.3 Å². The molecule has 3 rings (SSSR count). The van der Waals surface area contributed by atoms with Gasteiger partial charge in [0, 0.05) is 37.4 Å². The smallest absolute Gasteiger partial charge is 0.321 e. The Kier molecular flexibility index (Phi) is 4.91. The molecule has 126 valence electrons. The van der Waals surface area contributed by atoms with Gasteiger partial charge in [0.15, 0.2) is 11.5 Å². The molecule has 0 bridgehead atoms. The third kappa shape index (κ3) is 3.52. The first-order chi connectivity index (χ1) is 11.2. The number of urea groups is 1. The summed E-state index contributed by atoms with van der Waals surface area (Å²) in [6.45, 7) is 3.76. The van der Waals surface area contributed by atoms with E-state index in [0.717, 1.165) is 25.3 Å². The van der Waals surface area contributed by atoms with Crippen molar-refractivity contribution >= 4 is 11.7 Å². The molecule has 0 radical (unpaired) electrons. The van der Waals surface area contributed by atoms with Crippen molar-refractivity contribution in [1.29, 1.82) is 0 Å². The van der Waals surface area contributed by atoms with Gasteiger partial charge in [-0.15, -0.1) is 0 Å². The molecule has 23 heavy (non-hydrogen) atoms. The minimum atomic E-state index is -0.0394. The molecule has 1 N–H and O–H groups in total. The molecule has 1 aromatic carbocycles. The molecule has 1 atom stereocenters. The number of rotatable bonds is 3. The molecular weight excluding hydrogens is 294 g/mol. The van der Waals surface area contributed by atoms with Crippen LogP contribution >= 0.6 is 0 Å². The van der Waals surface area contributed by atoms with E-state index in [1.54, 1.807) is 26.4 Å². The number of nitrogens with one attached hydrogen (secondary N) is 1. The van der Waals surface area contributed by atoms with E-state index in [9.17, 15) is 4.79 Å². The molecule has 1 aromatic rings. The normalized spacial score (nSPS) is 21.5. The number of hydrogen-bond acceptors (Lipinski definition) is 4. The largest absolute Gasteiger partial charge is 0.493 e. The van der Waals surface area contributed by atoms with Gasteiger partial charge in [0.05, 0.1) is 14.2 Å². The SMILES string of the molecule is COc1ccc(NC(=O)N2CCN3CCCC[C@H]3C2)cc1OC. The van der Waals surface area contributed by atoms with Gasteiger partial charge in [-0.2, -0.15) is 0 Å². The quantitative estimate of drug-likeness (QED) is 0.929. The number of carbonyl (C=O) groups excluding carboxylic acids is 1. The van der Waals surface area contributed by atoms with Crippen molar-refractivity contribution in [1.82, 2.24) is 9.80 Å². The van der Waals surface area contributed by atoms with Crippen LogP contribution in [0.1, 0.15) is 19.3 Å². The summed E-state index contributed by atoms with van der Waals surface area (Å²) in [5.41, 5.74) is 0.721. The molecule has 0 aliphatic carbocycles. The number of benzene rings is 1. The lowest BCUT2D eigenvalue weighted by Crippen LogP contribution is -2.56. The lowest BCUT2D eigenvalue weighted by molar-refractivity contribution is 0.0678. The second kappa shape index (κ2) is 7.08. The van der Waals surface area contributed by atoms with Crippen LogP contribution in [0.25, 0.3) is 0 Å². The lowest BCUT2D eigenvalue weighted by atomic mass is 10.00. The van der Waals surface area contributed by atoms with E-state index in [-0.39, 0.29) is 6.03 Å². The van der Waals surface area contributed by atoms with Crippen LogP contribution in [0.3, 0.4) is 0 Å². The zero-order chi connectivity index (χ0) is 16.2. The summed E-state index contributed by atoms with van der Waals surface area (Å²) in [6, 6.07) is 5.90. The Morgan fingerprint density at radius 1 is 1.13 bits per heavy atom. The molecule has 2 aliphatic rings. The van der Waals surface area contributed by atoms with E-state index in [0.29, 0.717) is 17.5 Å². The minimum Gasteiger partial charge on any atom is -0.493 e. The maximum atomic E-state index is 12.5. The lowest BCUT2D eigenvalue weighted by Gasteiger charge is -2.43. The van der Waals surface area contributed by atoms with Crippen LogP contribution < -0.4 is 14.8 Å². The predicted octanol–water partition coefficient (Wildman–Crippen LogP) is 2.41. The van der Waals surface area contributed by atoms with Gasteiger partial charge < -0.3 is 19.7 Å². The molecule has 0 unspecified atom stereocenters. The van der Waals surface area contributed by atoms with Gasteiger partial charge in [-0.25, -0.2) is 4.79 Å². The monoisotopic (exact) mass is 319 g/mol. The van der Waals surface area contributed by atoms with Crippen LogP contribution in [-0.2, 0) is 0 Å². The third-order valence-electron chi connectivity index (χ3n) is 4.76. The highest BCUT2D eigenvalue weighted by atomic mass is 16.5. The van der Waals surface area contributed by atoms with Crippen molar-refractivity contribution in [2.45, 2.75) is 25.3 Å². The Bertz CT molecular complexity index is 564. The van der Waals surface area contributed by atoms with Crippen molar-refractivity contribution in [3.05, 3.63) is 18.2 Å². The van der Waals surface area contributed by atoms with Crippen LogP contribution in [-0.4, -0.2) is 62.3 Å². The molecule has 0 saturated carbocycles. The van der Waals surface area contributed by atoms with E-state index >= 15 is 0 Å². The van der Waals surface area contributed by atoms with Crippen LogP contribution in [0.15, 0.2) is 18.2 Å². The number of fused-ring (bicyclic) bond motifs is 1. The van der Waals surface area contributed by atoms with Crippen molar-refractivity contribution in [2.24, 2.45) is 0 Å². The molecule has 2 aliphatic heterocycles. The summed E-state index contributed by atoms with van der Waals surface area (Å²) in [5.74, 6) is 1.27. The van der Waals surface area contributed by atoms with Gasteiger partial charge in [-0.05, 0) is 31.5 Å². The van der Waals surface area contributed by atoms with E-state index in [2.05, 4.69) is 10.2 Å². The molecular formula is C17H25N3O3. The van der Waals surface area contributed by atoms with Gasteiger partial charge in [0.1, 0.15) is 0 Å². The molecule has 0 aromatic heterocycles. The maximum absolute atomic E-state index is 12.5. The summed E-state index contributed by atoms with van der Waals surface area (Å²) >= 11 is 0. The van der Waals surface area contributed by atoms with E-state index < -0.39 is 0 Å². The second-order valence-electron chi connectivity index (χ2n) is 6.13. The van der Waals surface area contributed by atoms with Gasteiger partial charge >= 0.3 is 6.03 Å². The molecule has 6 heteroatoms. The molecule has 0 spiro atoms. The van der Waals surface area contributed by atoms with Crippen LogP contribution in [0.4, 0.5) is 10.5 Å². The number of anilines is 1. The van der Waals surface area contributed by atoms with Gasteiger partial charge in [-0.1, -0.05) is 6.42 Å². The fourth-order valence-corrected chi connectivity index (χ4v) is 3.46. The number of hydrogen-bond donors (Lipinski definition) is 1. The van der Waals surface area contributed by atoms with E-state index in [1.165, 1.54) is 25.8 Å². The minimum absolute atomic E-state index is 0.0394. The summed E-state index contributed by atoms with van der Waals surface area (Å²) in [4.78, 5) is 17.0. The average Bonchev–Trinajstić information content (AvgIpc) is 2.61. The van der Waals surface area contributed by atoms with Gasteiger partial charge in [0.25, 0.3) is 0 Å². The first-order valence-electron chi connectivity index (χ1n) is 8.23. The summed E-state index contributed by atoms with van der Waals surface area (Å²) < 4.78 is 10.5. The standard InChI is InChI=1S/C17H25N3O3/c1-22-15-7-6-13(11-16(15)23-2)18-17(21)20-10-9-19-8-4-3-5-14(19)12-20/h6-7,11,14H,3-5,8-10,12H2,1-2H3,(H,18,21)/t14-/m0/s1. The van der Waals surface area contributed by atoms with Crippen molar-refractivity contribution in [3.63, 3.8) is 0 Å². The number of nitrogens with zero attached hydrogens (tertiary/aromatic N) is 2. The van der Waals surface area contributed by atoms with Crippen LogP contribution in [0.2, 0.25) is 0 Å².